The van der Waals surface area contributed by atoms with E-state index in [1.165, 1.54) is 0 Å². The Morgan fingerprint density at radius 1 is 1.24 bits per heavy atom. The van der Waals surface area contributed by atoms with Gasteiger partial charge in [-0.05, 0) is 23.1 Å². The Hall–Kier alpha value is -2.20. The van der Waals surface area contributed by atoms with Crippen LogP contribution in [0.4, 0.5) is 0 Å². The van der Waals surface area contributed by atoms with Gasteiger partial charge in [-0.25, -0.2) is 0 Å². The summed E-state index contributed by atoms with van der Waals surface area (Å²) in [4.78, 5) is 16.5. The van der Waals surface area contributed by atoms with Gasteiger partial charge in [0.05, 0.1) is 0 Å². The molecule has 0 saturated carbocycles. The molecular formula is C17H20N2O2. The van der Waals surface area contributed by atoms with E-state index in [9.17, 15) is 9.90 Å². The molecule has 0 fully saturated rings. The molecule has 1 amide bonds. The first-order valence-electron chi connectivity index (χ1n) is 7.00. The first-order valence-corrected chi connectivity index (χ1v) is 7.00. The first-order chi connectivity index (χ1) is 10.0. The Morgan fingerprint density at radius 2 is 1.95 bits per heavy atom. The second-order valence-electron chi connectivity index (χ2n) is 5.33. The van der Waals surface area contributed by atoms with Crippen molar-refractivity contribution >= 4 is 5.91 Å². The third-order valence-electron chi connectivity index (χ3n) is 3.57. The predicted octanol–water partition coefficient (Wildman–Crippen LogP) is 2.24. The molecule has 2 aromatic rings. The van der Waals surface area contributed by atoms with Crippen LogP contribution in [0, 0.1) is 5.92 Å². The monoisotopic (exact) mass is 284 g/mol. The molecule has 0 saturated heterocycles. The van der Waals surface area contributed by atoms with Crippen molar-refractivity contribution in [3.05, 3.63) is 66.0 Å². The van der Waals surface area contributed by atoms with Gasteiger partial charge in [-0.2, -0.15) is 0 Å². The van der Waals surface area contributed by atoms with Gasteiger partial charge in [0, 0.05) is 18.9 Å². The Kier molecular flexibility index (Phi) is 4.70. The highest BCUT2D eigenvalue weighted by atomic mass is 16.3. The lowest BCUT2D eigenvalue weighted by atomic mass is 9.82. The van der Waals surface area contributed by atoms with Gasteiger partial charge in [-0.15, -0.1) is 0 Å². The summed E-state index contributed by atoms with van der Waals surface area (Å²) in [5.41, 5.74) is -0.0441. The molecule has 0 bridgehead atoms. The second kappa shape index (κ2) is 6.50. The Morgan fingerprint density at radius 3 is 2.52 bits per heavy atom. The summed E-state index contributed by atoms with van der Waals surface area (Å²) >= 11 is 0. The number of rotatable bonds is 5. The molecule has 1 heterocycles. The van der Waals surface area contributed by atoms with Crippen molar-refractivity contribution in [3.63, 3.8) is 0 Å². The number of hydrogen-bond donors (Lipinski definition) is 2. The van der Waals surface area contributed by atoms with Crippen LogP contribution < -0.4 is 5.32 Å². The summed E-state index contributed by atoms with van der Waals surface area (Å²) in [6.07, 6.45) is 3.37. The molecule has 0 aliphatic heterocycles. The lowest BCUT2D eigenvalue weighted by Crippen LogP contribution is -2.47. The normalized spacial score (nSPS) is 13.7. The molecule has 1 aromatic carbocycles. The summed E-state index contributed by atoms with van der Waals surface area (Å²) in [5, 5.41) is 13.7. The van der Waals surface area contributed by atoms with E-state index in [0.717, 1.165) is 5.56 Å². The number of nitrogens with zero attached hydrogens (tertiary/aromatic N) is 1. The molecule has 0 unspecified atom stereocenters. The Labute approximate surface area is 124 Å². The van der Waals surface area contributed by atoms with Crippen molar-refractivity contribution < 1.29 is 9.90 Å². The molecule has 4 nitrogen and oxygen atoms in total. The van der Waals surface area contributed by atoms with Gasteiger partial charge in [-0.1, -0.05) is 50.2 Å². The molecule has 0 spiro atoms. The number of aliphatic hydroxyl groups is 1. The Bertz CT molecular complexity index is 584. The smallest absolute Gasteiger partial charge is 0.257 e. The molecule has 21 heavy (non-hydrogen) atoms. The van der Waals surface area contributed by atoms with E-state index < -0.39 is 11.5 Å². The topological polar surface area (TPSA) is 62.2 Å². The number of pyridine rings is 1. The van der Waals surface area contributed by atoms with Crippen molar-refractivity contribution in [1.29, 1.82) is 0 Å². The maximum atomic E-state index is 12.5. The molecule has 1 aromatic heterocycles. The van der Waals surface area contributed by atoms with Crippen molar-refractivity contribution in [2.45, 2.75) is 26.0 Å². The minimum Gasteiger partial charge on any atom is -0.375 e. The van der Waals surface area contributed by atoms with Crippen LogP contribution in [0.15, 0.2) is 54.9 Å². The van der Waals surface area contributed by atoms with Crippen molar-refractivity contribution in [2.24, 2.45) is 5.92 Å². The van der Waals surface area contributed by atoms with E-state index in [1.54, 1.807) is 24.5 Å². The quantitative estimate of drug-likeness (QED) is 0.885. The number of carbonyl (C=O) groups excluding carboxylic acids is 1. The minimum atomic E-state index is -1.54. The summed E-state index contributed by atoms with van der Waals surface area (Å²) < 4.78 is 0. The maximum absolute atomic E-state index is 12.5. The van der Waals surface area contributed by atoms with E-state index in [0.29, 0.717) is 12.1 Å². The van der Waals surface area contributed by atoms with Crippen molar-refractivity contribution in [2.75, 3.05) is 0 Å². The van der Waals surface area contributed by atoms with Crippen molar-refractivity contribution in [1.82, 2.24) is 10.3 Å². The largest absolute Gasteiger partial charge is 0.375 e. The van der Waals surface area contributed by atoms with Gasteiger partial charge < -0.3 is 10.4 Å². The van der Waals surface area contributed by atoms with E-state index >= 15 is 0 Å². The van der Waals surface area contributed by atoms with Crippen LogP contribution in [-0.4, -0.2) is 16.0 Å². The standard InChI is InChI=1S/C17H20N2O2/c1-13(2)17(21,15-8-4-3-5-9-15)16(20)19-12-14-7-6-10-18-11-14/h3-11,13,21H,12H2,1-2H3,(H,19,20)/t17-/m0/s1. The number of aromatic nitrogens is 1. The molecule has 1 atom stereocenters. The zero-order valence-corrected chi connectivity index (χ0v) is 12.3. The molecule has 110 valence electrons. The molecule has 0 radical (unpaired) electrons. The first kappa shape index (κ1) is 15.2. The molecule has 0 aliphatic carbocycles. The highest BCUT2D eigenvalue weighted by Gasteiger charge is 2.40. The maximum Gasteiger partial charge on any atom is 0.257 e. The van der Waals surface area contributed by atoms with E-state index in [-0.39, 0.29) is 5.92 Å². The molecule has 0 aliphatic rings. The number of amides is 1. The van der Waals surface area contributed by atoms with Crippen LogP contribution in [0.1, 0.15) is 25.0 Å². The summed E-state index contributed by atoms with van der Waals surface area (Å²) in [5.74, 6) is -0.638. The van der Waals surface area contributed by atoms with E-state index in [2.05, 4.69) is 10.3 Å². The van der Waals surface area contributed by atoms with Gasteiger partial charge in [0.25, 0.3) is 5.91 Å². The van der Waals surface area contributed by atoms with Crippen molar-refractivity contribution in [3.8, 4) is 0 Å². The van der Waals surface area contributed by atoms with Gasteiger partial charge in [0.1, 0.15) is 0 Å². The summed E-state index contributed by atoms with van der Waals surface area (Å²) in [7, 11) is 0. The molecular weight excluding hydrogens is 264 g/mol. The van der Waals surface area contributed by atoms with Crippen LogP contribution >= 0.6 is 0 Å². The third-order valence-corrected chi connectivity index (χ3v) is 3.57. The minimum absolute atomic E-state index is 0.242. The lowest BCUT2D eigenvalue weighted by Gasteiger charge is -2.31. The van der Waals surface area contributed by atoms with Crippen LogP contribution in [0.2, 0.25) is 0 Å². The highest BCUT2D eigenvalue weighted by molar-refractivity contribution is 5.86. The average molecular weight is 284 g/mol. The third kappa shape index (κ3) is 3.28. The van der Waals surface area contributed by atoms with Gasteiger partial charge in [-0.3, -0.25) is 9.78 Å². The second-order valence-corrected chi connectivity index (χ2v) is 5.33. The number of hydrogen-bond acceptors (Lipinski definition) is 3. The van der Waals surface area contributed by atoms with Gasteiger partial charge in [0.2, 0.25) is 0 Å². The summed E-state index contributed by atoms with van der Waals surface area (Å²) in [6.45, 7) is 4.00. The van der Waals surface area contributed by atoms with Crippen LogP contribution in [0.5, 0.6) is 0 Å². The fourth-order valence-electron chi connectivity index (χ4n) is 2.24. The molecule has 4 heteroatoms. The van der Waals surface area contributed by atoms with E-state index in [1.807, 2.05) is 44.2 Å². The van der Waals surface area contributed by atoms with Gasteiger partial charge >= 0.3 is 0 Å². The lowest BCUT2D eigenvalue weighted by molar-refractivity contribution is -0.146. The van der Waals surface area contributed by atoms with Crippen LogP contribution in [-0.2, 0) is 16.9 Å². The average Bonchev–Trinajstić information content (AvgIpc) is 2.53. The summed E-state index contributed by atoms with van der Waals surface area (Å²) in [6, 6.07) is 12.7. The van der Waals surface area contributed by atoms with Crippen LogP contribution in [0.3, 0.4) is 0 Å². The van der Waals surface area contributed by atoms with Gasteiger partial charge in [0.15, 0.2) is 5.60 Å². The highest BCUT2D eigenvalue weighted by Crippen LogP contribution is 2.29. The molecule has 2 rings (SSSR count). The number of nitrogens with one attached hydrogen (secondary N) is 1. The number of carbonyl (C=O) groups is 1. The zero-order valence-electron chi connectivity index (χ0n) is 12.3. The number of benzene rings is 1. The fraction of sp³-hybridized carbons (Fsp3) is 0.294. The predicted molar refractivity (Wildman–Crippen MR) is 81.3 cm³/mol. The van der Waals surface area contributed by atoms with Crippen LogP contribution in [0.25, 0.3) is 0 Å². The fourth-order valence-corrected chi connectivity index (χ4v) is 2.24. The SMILES string of the molecule is CC(C)[C@@](O)(C(=O)NCc1cccnc1)c1ccccc1. The molecule has 2 N–H and O–H groups in total. The Balaban J connectivity index is 2.17. The van der Waals surface area contributed by atoms with E-state index in [4.69, 9.17) is 0 Å². The zero-order chi connectivity index (χ0) is 15.3.